The summed E-state index contributed by atoms with van der Waals surface area (Å²) in [4.78, 5) is 2.32. The predicted molar refractivity (Wildman–Crippen MR) is 69.3 cm³/mol. The van der Waals surface area contributed by atoms with Crippen LogP contribution in [-0.4, -0.2) is 55.7 Å². The standard InChI is InChI=1S/C12H25ClN2O/c1-4-12(2,5-6-13)14-9-11-10-15(3)7-8-16-11/h11,14H,4-10H2,1-3H3. The van der Waals surface area contributed by atoms with Gasteiger partial charge in [0.1, 0.15) is 0 Å². The molecule has 1 aliphatic rings. The third kappa shape index (κ3) is 4.58. The molecular formula is C12H25ClN2O. The summed E-state index contributed by atoms with van der Waals surface area (Å²) < 4.78 is 5.73. The monoisotopic (exact) mass is 248 g/mol. The van der Waals surface area contributed by atoms with E-state index in [4.69, 9.17) is 16.3 Å². The van der Waals surface area contributed by atoms with Crippen LogP contribution in [0, 0.1) is 0 Å². The minimum atomic E-state index is 0.154. The molecule has 0 aliphatic carbocycles. The molecule has 3 nitrogen and oxygen atoms in total. The van der Waals surface area contributed by atoms with Crippen LogP contribution in [0.3, 0.4) is 0 Å². The second-order valence-corrected chi connectivity index (χ2v) is 5.37. The average Bonchev–Trinajstić information content (AvgIpc) is 2.27. The number of halogens is 1. The van der Waals surface area contributed by atoms with Crippen molar-refractivity contribution >= 4 is 11.6 Å². The van der Waals surface area contributed by atoms with Gasteiger partial charge in [-0.25, -0.2) is 0 Å². The number of morpholine rings is 1. The highest BCUT2D eigenvalue weighted by molar-refractivity contribution is 6.17. The Hall–Kier alpha value is 0.170. The Bertz CT molecular complexity index is 203. The number of rotatable bonds is 6. The van der Waals surface area contributed by atoms with Crippen molar-refractivity contribution < 1.29 is 4.74 Å². The number of ether oxygens (including phenoxy) is 1. The maximum Gasteiger partial charge on any atom is 0.0826 e. The quantitative estimate of drug-likeness (QED) is 0.725. The molecule has 0 saturated carbocycles. The molecule has 2 unspecified atom stereocenters. The number of nitrogens with one attached hydrogen (secondary N) is 1. The molecule has 1 aliphatic heterocycles. The second kappa shape index (κ2) is 6.80. The smallest absolute Gasteiger partial charge is 0.0826 e. The Morgan fingerprint density at radius 1 is 1.56 bits per heavy atom. The van der Waals surface area contributed by atoms with Gasteiger partial charge in [0.15, 0.2) is 0 Å². The van der Waals surface area contributed by atoms with Crippen LogP contribution >= 0.6 is 11.6 Å². The zero-order valence-corrected chi connectivity index (χ0v) is 11.5. The van der Waals surface area contributed by atoms with Crippen LogP contribution in [-0.2, 0) is 4.74 Å². The normalized spacial score (nSPS) is 26.6. The predicted octanol–water partition coefficient (Wildman–Crippen LogP) is 1.70. The van der Waals surface area contributed by atoms with Crippen LogP contribution in [0.2, 0.25) is 0 Å². The summed E-state index contributed by atoms with van der Waals surface area (Å²) in [5.74, 6) is 0.711. The van der Waals surface area contributed by atoms with E-state index in [1.807, 2.05) is 0 Å². The average molecular weight is 249 g/mol. The third-order valence-electron chi connectivity index (χ3n) is 3.52. The van der Waals surface area contributed by atoms with Crippen LogP contribution in [0.5, 0.6) is 0 Å². The van der Waals surface area contributed by atoms with E-state index in [1.54, 1.807) is 0 Å². The first-order chi connectivity index (χ1) is 7.59. The lowest BCUT2D eigenvalue weighted by molar-refractivity contribution is -0.0215. The molecule has 0 aromatic rings. The lowest BCUT2D eigenvalue weighted by Crippen LogP contribution is -2.50. The summed E-state index contributed by atoms with van der Waals surface area (Å²) >= 11 is 5.83. The molecule has 1 rings (SSSR count). The minimum absolute atomic E-state index is 0.154. The van der Waals surface area contributed by atoms with Gasteiger partial charge in [0.2, 0.25) is 0 Å². The Morgan fingerprint density at radius 3 is 2.88 bits per heavy atom. The molecule has 4 heteroatoms. The summed E-state index contributed by atoms with van der Waals surface area (Å²) in [6.45, 7) is 8.28. The first-order valence-corrected chi connectivity index (χ1v) is 6.74. The summed E-state index contributed by atoms with van der Waals surface area (Å²) in [5.41, 5.74) is 0.154. The zero-order valence-electron chi connectivity index (χ0n) is 10.8. The summed E-state index contributed by atoms with van der Waals surface area (Å²) in [6.07, 6.45) is 2.43. The molecule has 0 bridgehead atoms. The van der Waals surface area contributed by atoms with Gasteiger partial charge in [0.25, 0.3) is 0 Å². The fourth-order valence-electron chi connectivity index (χ4n) is 1.95. The van der Waals surface area contributed by atoms with E-state index in [0.717, 1.165) is 39.1 Å². The van der Waals surface area contributed by atoms with Gasteiger partial charge in [-0.15, -0.1) is 11.6 Å². The van der Waals surface area contributed by atoms with E-state index < -0.39 is 0 Å². The van der Waals surface area contributed by atoms with E-state index in [1.165, 1.54) is 0 Å². The summed E-state index contributed by atoms with van der Waals surface area (Å²) in [5, 5.41) is 3.60. The Morgan fingerprint density at radius 2 is 2.31 bits per heavy atom. The molecule has 0 aromatic heterocycles. The number of nitrogens with zero attached hydrogens (tertiary/aromatic N) is 1. The van der Waals surface area contributed by atoms with Crippen molar-refractivity contribution in [1.82, 2.24) is 10.2 Å². The Balaban J connectivity index is 2.31. The summed E-state index contributed by atoms with van der Waals surface area (Å²) in [6, 6.07) is 0. The van der Waals surface area contributed by atoms with Crippen LogP contribution in [0.1, 0.15) is 26.7 Å². The molecule has 0 amide bonds. The molecule has 96 valence electrons. The van der Waals surface area contributed by atoms with Crippen LogP contribution in [0.15, 0.2) is 0 Å². The molecule has 1 heterocycles. The van der Waals surface area contributed by atoms with Crippen molar-refractivity contribution in [1.29, 1.82) is 0 Å². The molecule has 1 saturated heterocycles. The van der Waals surface area contributed by atoms with Gasteiger partial charge in [0, 0.05) is 31.1 Å². The van der Waals surface area contributed by atoms with Crippen molar-refractivity contribution in [3.63, 3.8) is 0 Å². The molecule has 16 heavy (non-hydrogen) atoms. The van der Waals surface area contributed by atoms with E-state index in [9.17, 15) is 0 Å². The number of likely N-dealkylation sites (N-methyl/N-ethyl adjacent to an activating group) is 1. The maximum absolute atomic E-state index is 5.83. The molecule has 0 radical (unpaired) electrons. The zero-order chi connectivity index (χ0) is 12.0. The highest BCUT2D eigenvalue weighted by atomic mass is 35.5. The lowest BCUT2D eigenvalue weighted by atomic mass is 9.95. The van der Waals surface area contributed by atoms with Gasteiger partial charge in [-0.05, 0) is 26.8 Å². The van der Waals surface area contributed by atoms with Crippen LogP contribution in [0.25, 0.3) is 0 Å². The highest BCUT2D eigenvalue weighted by Crippen LogP contribution is 2.15. The van der Waals surface area contributed by atoms with Crippen LogP contribution < -0.4 is 5.32 Å². The van der Waals surface area contributed by atoms with Crippen LogP contribution in [0.4, 0.5) is 0 Å². The number of hydrogen-bond donors (Lipinski definition) is 1. The second-order valence-electron chi connectivity index (χ2n) is 4.99. The molecule has 2 atom stereocenters. The van der Waals surface area contributed by atoms with Crippen molar-refractivity contribution in [2.45, 2.75) is 38.3 Å². The number of alkyl halides is 1. The van der Waals surface area contributed by atoms with Gasteiger partial charge in [0.05, 0.1) is 12.7 Å². The first-order valence-electron chi connectivity index (χ1n) is 6.21. The first kappa shape index (κ1) is 14.2. The molecule has 1 N–H and O–H groups in total. The topological polar surface area (TPSA) is 24.5 Å². The maximum atomic E-state index is 5.83. The lowest BCUT2D eigenvalue weighted by Gasteiger charge is -2.35. The summed E-state index contributed by atoms with van der Waals surface area (Å²) in [7, 11) is 2.15. The number of hydrogen-bond acceptors (Lipinski definition) is 3. The Labute approximate surface area is 104 Å². The van der Waals surface area contributed by atoms with Crippen molar-refractivity contribution in [2.24, 2.45) is 0 Å². The highest BCUT2D eigenvalue weighted by Gasteiger charge is 2.24. The van der Waals surface area contributed by atoms with Crippen molar-refractivity contribution in [2.75, 3.05) is 39.2 Å². The van der Waals surface area contributed by atoms with Gasteiger partial charge >= 0.3 is 0 Å². The van der Waals surface area contributed by atoms with Crippen molar-refractivity contribution in [3.8, 4) is 0 Å². The largest absolute Gasteiger partial charge is 0.374 e. The van der Waals surface area contributed by atoms with Gasteiger partial charge in [-0.3, -0.25) is 0 Å². The Kier molecular flexibility index (Phi) is 6.05. The van der Waals surface area contributed by atoms with Gasteiger partial charge in [-0.2, -0.15) is 0 Å². The molecule has 0 spiro atoms. The fraction of sp³-hybridized carbons (Fsp3) is 1.00. The molecular weight excluding hydrogens is 224 g/mol. The van der Waals surface area contributed by atoms with Gasteiger partial charge in [-0.1, -0.05) is 6.92 Å². The minimum Gasteiger partial charge on any atom is -0.374 e. The van der Waals surface area contributed by atoms with E-state index in [-0.39, 0.29) is 5.54 Å². The molecule has 1 fully saturated rings. The fourth-order valence-corrected chi connectivity index (χ4v) is 2.37. The SMILES string of the molecule is CCC(C)(CCCl)NCC1CN(C)CCO1. The van der Waals surface area contributed by atoms with Gasteiger partial charge < -0.3 is 15.0 Å². The third-order valence-corrected chi connectivity index (χ3v) is 3.71. The van der Waals surface area contributed by atoms with Crippen molar-refractivity contribution in [3.05, 3.63) is 0 Å². The van der Waals surface area contributed by atoms with E-state index in [0.29, 0.717) is 12.0 Å². The van der Waals surface area contributed by atoms with E-state index in [2.05, 4.69) is 31.1 Å². The molecule has 0 aromatic carbocycles. The van der Waals surface area contributed by atoms with E-state index >= 15 is 0 Å².